The number of rotatable bonds is 8. The molecule has 0 bridgehead atoms. The van der Waals surface area contributed by atoms with E-state index in [1.54, 1.807) is 33.5 Å². The number of benzene rings is 1. The molecule has 0 aliphatic heterocycles. The topological polar surface area (TPSA) is 60.0 Å². The third-order valence-electron chi connectivity index (χ3n) is 4.34. The van der Waals surface area contributed by atoms with E-state index in [1.165, 1.54) is 12.8 Å². The van der Waals surface area contributed by atoms with E-state index in [1.807, 2.05) is 7.05 Å². The van der Waals surface area contributed by atoms with Crippen LogP contribution in [0.3, 0.4) is 0 Å². The summed E-state index contributed by atoms with van der Waals surface area (Å²) < 4.78 is 15.9. The lowest BCUT2D eigenvalue weighted by Gasteiger charge is -2.24. The minimum absolute atomic E-state index is 0.0609. The SMILES string of the molecule is COc1cc(NC(=O)CN(C)C(C)C2CC2)cc(OC)c1OC. The van der Waals surface area contributed by atoms with Crippen LogP contribution in [0.4, 0.5) is 5.69 Å². The second-order valence-electron chi connectivity index (χ2n) is 5.96. The van der Waals surface area contributed by atoms with Crippen LogP contribution in [-0.4, -0.2) is 51.8 Å². The fraction of sp³-hybridized carbons (Fsp3) is 0.588. The number of nitrogens with one attached hydrogen (secondary N) is 1. The molecule has 0 aromatic heterocycles. The van der Waals surface area contributed by atoms with E-state index in [9.17, 15) is 4.79 Å². The smallest absolute Gasteiger partial charge is 0.238 e. The number of nitrogens with zero attached hydrogens (tertiary/aromatic N) is 1. The molecule has 6 nitrogen and oxygen atoms in total. The monoisotopic (exact) mass is 322 g/mol. The number of ether oxygens (including phenoxy) is 3. The van der Waals surface area contributed by atoms with Crippen molar-refractivity contribution < 1.29 is 19.0 Å². The number of anilines is 1. The van der Waals surface area contributed by atoms with Gasteiger partial charge in [-0.1, -0.05) is 0 Å². The summed E-state index contributed by atoms with van der Waals surface area (Å²) in [5.74, 6) is 2.21. The van der Waals surface area contributed by atoms with Crippen molar-refractivity contribution in [3.05, 3.63) is 12.1 Å². The Hall–Kier alpha value is -1.95. The summed E-state index contributed by atoms with van der Waals surface area (Å²) in [5.41, 5.74) is 0.622. The number of carbonyl (C=O) groups excluding carboxylic acids is 1. The van der Waals surface area contributed by atoms with E-state index < -0.39 is 0 Å². The minimum atomic E-state index is -0.0609. The number of likely N-dealkylation sites (N-methyl/N-ethyl adjacent to an activating group) is 1. The highest BCUT2D eigenvalue weighted by Gasteiger charge is 2.31. The number of carbonyl (C=O) groups is 1. The van der Waals surface area contributed by atoms with Gasteiger partial charge in [0.1, 0.15) is 0 Å². The van der Waals surface area contributed by atoms with Crippen LogP contribution in [0.2, 0.25) is 0 Å². The Morgan fingerprint density at radius 1 is 1.22 bits per heavy atom. The van der Waals surface area contributed by atoms with E-state index in [0.717, 1.165) is 5.92 Å². The molecule has 1 aromatic rings. The Morgan fingerprint density at radius 3 is 2.22 bits per heavy atom. The van der Waals surface area contributed by atoms with Crippen molar-refractivity contribution in [1.29, 1.82) is 0 Å². The van der Waals surface area contributed by atoms with Crippen LogP contribution in [0.5, 0.6) is 17.2 Å². The predicted molar refractivity (Wildman–Crippen MR) is 89.5 cm³/mol. The Labute approximate surface area is 137 Å². The van der Waals surface area contributed by atoms with Crippen LogP contribution in [0.1, 0.15) is 19.8 Å². The third-order valence-corrected chi connectivity index (χ3v) is 4.34. The van der Waals surface area contributed by atoms with Crippen molar-refractivity contribution >= 4 is 11.6 Å². The molecule has 1 N–H and O–H groups in total. The molecule has 1 aliphatic rings. The Kier molecular flexibility index (Phi) is 5.71. The Balaban J connectivity index is 2.05. The van der Waals surface area contributed by atoms with Crippen LogP contribution in [0.25, 0.3) is 0 Å². The van der Waals surface area contributed by atoms with Crippen molar-refractivity contribution in [2.75, 3.05) is 40.2 Å². The average Bonchev–Trinajstić information content (AvgIpc) is 3.37. The first kappa shape index (κ1) is 17.4. The second kappa shape index (κ2) is 7.55. The van der Waals surface area contributed by atoms with E-state index in [0.29, 0.717) is 35.5 Å². The van der Waals surface area contributed by atoms with Crippen molar-refractivity contribution in [2.45, 2.75) is 25.8 Å². The molecule has 1 aromatic carbocycles. The van der Waals surface area contributed by atoms with E-state index in [2.05, 4.69) is 17.1 Å². The molecule has 1 fully saturated rings. The second-order valence-corrected chi connectivity index (χ2v) is 5.96. The zero-order chi connectivity index (χ0) is 17.0. The Bertz CT molecular complexity index is 533. The fourth-order valence-corrected chi connectivity index (χ4v) is 2.66. The van der Waals surface area contributed by atoms with Crippen LogP contribution >= 0.6 is 0 Å². The maximum atomic E-state index is 12.3. The van der Waals surface area contributed by atoms with Crippen LogP contribution in [-0.2, 0) is 4.79 Å². The standard InChI is InChI=1S/C17H26N2O4/c1-11(12-6-7-12)19(2)10-16(20)18-13-8-14(21-3)17(23-5)15(9-13)22-4/h8-9,11-12H,6-7,10H2,1-5H3,(H,18,20). The summed E-state index contributed by atoms with van der Waals surface area (Å²) in [5, 5.41) is 2.89. The summed E-state index contributed by atoms with van der Waals surface area (Å²) in [7, 11) is 6.63. The zero-order valence-electron chi connectivity index (χ0n) is 14.5. The van der Waals surface area contributed by atoms with Crippen molar-refractivity contribution in [1.82, 2.24) is 4.90 Å². The molecule has 2 rings (SSSR count). The molecule has 1 unspecified atom stereocenters. The van der Waals surface area contributed by atoms with Crippen LogP contribution < -0.4 is 19.5 Å². The molecule has 1 amide bonds. The van der Waals surface area contributed by atoms with Gasteiger partial charge < -0.3 is 19.5 Å². The molecule has 0 saturated heterocycles. The first-order chi connectivity index (χ1) is 11.0. The highest BCUT2D eigenvalue weighted by molar-refractivity contribution is 5.93. The predicted octanol–water partition coefficient (Wildman–Crippen LogP) is 2.38. The van der Waals surface area contributed by atoms with Crippen molar-refractivity contribution in [3.8, 4) is 17.2 Å². The van der Waals surface area contributed by atoms with Gasteiger partial charge in [0.05, 0.1) is 27.9 Å². The summed E-state index contributed by atoms with van der Waals surface area (Å²) in [6.45, 7) is 2.53. The molecule has 0 spiro atoms. The first-order valence-corrected chi connectivity index (χ1v) is 7.80. The first-order valence-electron chi connectivity index (χ1n) is 7.80. The summed E-state index contributed by atoms with van der Waals surface area (Å²) in [6, 6.07) is 3.88. The molecule has 0 heterocycles. The quantitative estimate of drug-likeness (QED) is 0.796. The van der Waals surface area contributed by atoms with Crippen LogP contribution in [0.15, 0.2) is 12.1 Å². The van der Waals surface area contributed by atoms with E-state index in [-0.39, 0.29) is 5.91 Å². The highest BCUT2D eigenvalue weighted by atomic mass is 16.5. The maximum Gasteiger partial charge on any atom is 0.238 e. The lowest BCUT2D eigenvalue weighted by molar-refractivity contribution is -0.117. The fourth-order valence-electron chi connectivity index (χ4n) is 2.66. The van der Waals surface area contributed by atoms with Gasteiger partial charge in [0, 0.05) is 23.9 Å². The minimum Gasteiger partial charge on any atom is -0.493 e. The maximum absolute atomic E-state index is 12.3. The van der Waals surface area contributed by atoms with Gasteiger partial charge in [0.25, 0.3) is 0 Å². The van der Waals surface area contributed by atoms with Gasteiger partial charge in [-0.15, -0.1) is 0 Å². The molecular weight excluding hydrogens is 296 g/mol. The molecule has 128 valence electrons. The molecular formula is C17H26N2O4. The Morgan fingerprint density at radius 2 is 1.78 bits per heavy atom. The molecule has 0 radical (unpaired) electrons. The third kappa shape index (κ3) is 4.28. The van der Waals surface area contributed by atoms with Gasteiger partial charge in [0.2, 0.25) is 11.7 Å². The number of amides is 1. The average molecular weight is 322 g/mol. The van der Waals surface area contributed by atoms with Gasteiger partial charge in [-0.05, 0) is 32.7 Å². The number of hydrogen-bond donors (Lipinski definition) is 1. The van der Waals surface area contributed by atoms with Gasteiger partial charge in [0.15, 0.2) is 11.5 Å². The molecule has 6 heteroatoms. The summed E-state index contributed by atoms with van der Waals surface area (Å²) >= 11 is 0. The molecule has 23 heavy (non-hydrogen) atoms. The normalized spacial score (nSPS) is 15.2. The molecule has 1 saturated carbocycles. The van der Waals surface area contributed by atoms with Crippen molar-refractivity contribution in [2.24, 2.45) is 5.92 Å². The zero-order valence-corrected chi connectivity index (χ0v) is 14.5. The molecule has 1 atom stereocenters. The van der Waals surface area contributed by atoms with Crippen LogP contribution in [0, 0.1) is 5.92 Å². The van der Waals surface area contributed by atoms with E-state index in [4.69, 9.17) is 14.2 Å². The van der Waals surface area contributed by atoms with Gasteiger partial charge in [-0.3, -0.25) is 9.69 Å². The lowest BCUT2D eigenvalue weighted by atomic mass is 10.2. The number of methoxy groups -OCH3 is 3. The van der Waals surface area contributed by atoms with Crippen molar-refractivity contribution in [3.63, 3.8) is 0 Å². The van der Waals surface area contributed by atoms with E-state index >= 15 is 0 Å². The van der Waals surface area contributed by atoms with Gasteiger partial charge in [-0.25, -0.2) is 0 Å². The number of hydrogen-bond acceptors (Lipinski definition) is 5. The summed E-state index contributed by atoms with van der Waals surface area (Å²) in [6.07, 6.45) is 2.53. The van der Waals surface area contributed by atoms with Gasteiger partial charge >= 0.3 is 0 Å². The summed E-state index contributed by atoms with van der Waals surface area (Å²) in [4.78, 5) is 14.3. The van der Waals surface area contributed by atoms with Gasteiger partial charge in [-0.2, -0.15) is 0 Å². The molecule has 1 aliphatic carbocycles. The largest absolute Gasteiger partial charge is 0.493 e. The lowest BCUT2D eigenvalue weighted by Crippen LogP contribution is -2.37. The highest BCUT2D eigenvalue weighted by Crippen LogP contribution is 2.40.